The molecule has 1 N–H and O–H groups in total. The van der Waals surface area contributed by atoms with Gasteiger partial charge in [-0.2, -0.15) is 0 Å². The van der Waals surface area contributed by atoms with Gasteiger partial charge in [0.2, 0.25) is 0 Å². The molecule has 88 valence electrons. The van der Waals surface area contributed by atoms with Crippen molar-refractivity contribution in [3.8, 4) is 0 Å². The second kappa shape index (κ2) is 6.81. The SMILES string of the molecule is C/C=C/CCNC(C)c1ccc(Br)cc1F. The second-order valence-electron chi connectivity index (χ2n) is 3.70. The van der Waals surface area contributed by atoms with E-state index in [0.717, 1.165) is 17.4 Å². The topological polar surface area (TPSA) is 12.0 Å². The van der Waals surface area contributed by atoms with Crippen LogP contribution < -0.4 is 5.32 Å². The molecule has 0 heterocycles. The van der Waals surface area contributed by atoms with Crippen LogP contribution in [0.4, 0.5) is 4.39 Å². The van der Waals surface area contributed by atoms with Gasteiger partial charge in [0.1, 0.15) is 5.82 Å². The maximum absolute atomic E-state index is 13.6. The van der Waals surface area contributed by atoms with E-state index in [1.165, 1.54) is 6.07 Å². The van der Waals surface area contributed by atoms with Gasteiger partial charge in [0, 0.05) is 16.1 Å². The number of halogens is 2. The molecule has 0 spiro atoms. The second-order valence-corrected chi connectivity index (χ2v) is 4.62. The van der Waals surface area contributed by atoms with Crippen LogP contribution in [0.3, 0.4) is 0 Å². The number of hydrogen-bond donors (Lipinski definition) is 1. The highest BCUT2D eigenvalue weighted by molar-refractivity contribution is 9.10. The van der Waals surface area contributed by atoms with Crippen LogP contribution in [0.5, 0.6) is 0 Å². The quantitative estimate of drug-likeness (QED) is 0.631. The fourth-order valence-corrected chi connectivity index (χ4v) is 1.85. The van der Waals surface area contributed by atoms with E-state index in [1.807, 2.05) is 32.1 Å². The monoisotopic (exact) mass is 285 g/mol. The average molecular weight is 286 g/mol. The summed E-state index contributed by atoms with van der Waals surface area (Å²) >= 11 is 3.25. The Bertz CT molecular complexity index is 363. The number of rotatable bonds is 5. The molecule has 1 aromatic rings. The van der Waals surface area contributed by atoms with Crippen molar-refractivity contribution in [3.05, 3.63) is 46.2 Å². The first-order valence-electron chi connectivity index (χ1n) is 5.44. The lowest BCUT2D eigenvalue weighted by Gasteiger charge is -2.14. The number of hydrogen-bond acceptors (Lipinski definition) is 1. The molecule has 0 aliphatic carbocycles. The van der Waals surface area contributed by atoms with Gasteiger partial charge in [-0.05, 0) is 38.9 Å². The zero-order valence-corrected chi connectivity index (χ0v) is 11.2. The van der Waals surface area contributed by atoms with Crippen molar-refractivity contribution in [1.82, 2.24) is 5.32 Å². The summed E-state index contributed by atoms with van der Waals surface area (Å²) in [5, 5.41) is 3.29. The molecule has 0 radical (unpaired) electrons. The molecule has 1 nitrogen and oxygen atoms in total. The summed E-state index contributed by atoms with van der Waals surface area (Å²) in [5.41, 5.74) is 0.712. The molecule has 0 aliphatic heterocycles. The van der Waals surface area contributed by atoms with E-state index in [0.29, 0.717) is 5.56 Å². The van der Waals surface area contributed by atoms with Gasteiger partial charge in [-0.3, -0.25) is 0 Å². The summed E-state index contributed by atoms with van der Waals surface area (Å²) in [6.45, 7) is 4.83. The summed E-state index contributed by atoms with van der Waals surface area (Å²) in [4.78, 5) is 0. The Kier molecular flexibility index (Phi) is 5.71. The molecule has 16 heavy (non-hydrogen) atoms. The molecular formula is C13H17BrFN. The maximum atomic E-state index is 13.6. The van der Waals surface area contributed by atoms with Crippen LogP contribution in [-0.4, -0.2) is 6.54 Å². The molecule has 0 saturated carbocycles. The van der Waals surface area contributed by atoms with E-state index in [2.05, 4.69) is 27.3 Å². The van der Waals surface area contributed by atoms with Crippen molar-refractivity contribution in [2.45, 2.75) is 26.3 Å². The fourth-order valence-electron chi connectivity index (χ4n) is 1.51. The summed E-state index contributed by atoms with van der Waals surface area (Å²) in [6.07, 6.45) is 5.09. The summed E-state index contributed by atoms with van der Waals surface area (Å²) in [7, 11) is 0. The minimum absolute atomic E-state index is 0.0401. The largest absolute Gasteiger partial charge is 0.310 e. The molecule has 1 rings (SSSR count). The lowest BCUT2D eigenvalue weighted by Crippen LogP contribution is -2.20. The van der Waals surface area contributed by atoms with Crippen molar-refractivity contribution in [3.63, 3.8) is 0 Å². The van der Waals surface area contributed by atoms with Crippen LogP contribution in [0, 0.1) is 5.82 Å². The first-order valence-corrected chi connectivity index (χ1v) is 6.24. The van der Waals surface area contributed by atoms with Crippen LogP contribution in [-0.2, 0) is 0 Å². The molecule has 1 atom stereocenters. The van der Waals surface area contributed by atoms with Crippen LogP contribution in [0.1, 0.15) is 31.9 Å². The van der Waals surface area contributed by atoms with Gasteiger partial charge in [0.25, 0.3) is 0 Å². The minimum atomic E-state index is -0.166. The summed E-state index contributed by atoms with van der Waals surface area (Å²) < 4.78 is 14.4. The van der Waals surface area contributed by atoms with Gasteiger partial charge >= 0.3 is 0 Å². The third-order valence-corrected chi connectivity index (χ3v) is 2.92. The van der Waals surface area contributed by atoms with E-state index in [1.54, 1.807) is 0 Å². The lowest BCUT2D eigenvalue weighted by molar-refractivity contribution is 0.532. The lowest BCUT2D eigenvalue weighted by atomic mass is 10.1. The van der Waals surface area contributed by atoms with E-state index in [9.17, 15) is 4.39 Å². The molecule has 0 saturated heterocycles. The predicted octanol–water partition coefficient (Wildman–Crippen LogP) is 4.21. The van der Waals surface area contributed by atoms with Gasteiger partial charge in [-0.15, -0.1) is 0 Å². The standard InChI is InChI=1S/C13H17BrFN/c1-3-4-5-8-16-10(2)12-7-6-11(14)9-13(12)15/h3-4,6-7,9-10,16H,5,8H2,1-2H3/b4-3+. The highest BCUT2D eigenvalue weighted by Gasteiger charge is 2.09. The highest BCUT2D eigenvalue weighted by atomic mass is 79.9. The Morgan fingerprint density at radius 3 is 2.88 bits per heavy atom. The Morgan fingerprint density at radius 2 is 2.25 bits per heavy atom. The Balaban J connectivity index is 2.55. The molecule has 1 unspecified atom stereocenters. The van der Waals surface area contributed by atoms with Crippen LogP contribution >= 0.6 is 15.9 Å². The molecule has 0 aromatic heterocycles. The van der Waals surface area contributed by atoms with Crippen molar-refractivity contribution in [2.75, 3.05) is 6.54 Å². The van der Waals surface area contributed by atoms with Crippen LogP contribution in [0.2, 0.25) is 0 Å². The van der Waals surface area contributed by atoms with Crippen molar-refractivity contribution >= 4 is 15.9 Å². The summed E-state index contributed by atoms with van der Waals surface area (Å²) in [6, 6.07) is 5.22. The third kappa shape index (κ3) is 4.06. The Hall–Kier alpha value is -0.670. The average Bonchev–Trinajstić information content (AvgIpc) is 2.24. The zero-order valence-electron chi connectivity index (χ0n) is 9.63. The number of nitrogens with one attached hydrogen (secondary N) is 1. The van der Waals surface area contributed by atoms with Gasteiger partial charge in [-0.1, -0.05) is 34.1 Å². The van der Waals surface area contributed by atoms with E-state index in [4.69, 9.17) is 0 Å². The third-order valence-electron chi connectivity index (χ3n) is 2.43. The van der Waals surface area contributed by atoms with Crippen molar-refractivity contribution in [1.29, 1.82) is 0 Å². The molecular weight excluding hydrogens is 269 g/mol. The van der Waals surface area contributed by atoms with Crippen molar-refractivity contribution < 1.29 is 4.39 Å². The van der Waals surface area contributed by atoms with Gasteiger partial charge in [-0.25, -0.2) is 4.39 Å². The predicted molar refractivity (Wildman–Crippen MR) is 69.9 cm³/mol. The number of allylic oxidation sites excluding steroid dienone is 1. The normalized spacial score (nSPS) is 13.2. The van der Waals surface area contributed by atoms with Crippen LogP contribution in [0.15, 0.2) is 34.8 Å². The maximum Gasteiger partial charge on any atom is 0.129 e. The van der Waals surface area contributed by atoms with E-state index >= 15 is 0 Å². The van der Waals surface area contributed by atoms with E-state index in [-0.39, 0.29) is 11.9 Å². The van der Waals surface area contributed by atoms with Gasteiger partial charge < -0.3 is 5.32 Å². The van der Waals surface area contributed by atoms with Crippen molar-refractivity contribution in [2.24, 2.45) is 0 Å². The first-order chi connectivity index (χ1) is 7.65. The minimum Gasteiger partial charge on any atom is -0.310 e. The number of benzene rings is 1. The zero-order chi connectivity index (χ0) is 12.0. The Morgan fingerprint density at radius 1 is 1.50 bits per heavy atom. The molecule has 1 aromatic carbocycles. The Labute approximate surface area is 105 Å². The molecule has 0 fully saturated rings. The van der Waals surface area contributed by atoms with E-state index < -0.39 is 0 Å². The molecule has 0 bridgehead atoms. The van der Waals surface area contributed by atoms with Crippen LogP contribution in [0.25, 0.3) is 0 Å². The smallest absolute Gasteiger partial charge is 0.129 e. The van der Waals surface area contributed by atoms with Gasteiger partial charge in [0.05, 0.1) is 0 Å². The highest BCUT2D eigenvalue weighted by Crippen LogP contribution is 2.20. The molecule has 0 aliphatic rings. The fraction of sp³-hybridized carbons (Fsp3) is 0.385. The molecule has 3 heteroatoms. The molecule has 0 amide bonds. The summed E-state index contributed by atoms with van der Waals surface area (Å²) in [5.74, 6) is -0.166. The first kappa shape index (κ1) is 13.4. The van der Waals surface area contributed by atoms with Gasteiger partial charge in [0.15, 0.2) is 0 Å².